The molecule has 0 aromatic heterocycles. The van der Waals surface area contributed by atoms with Crippen molar-refractivity contribution in [3.05, 3.63) is 29.8 Å². The second kappa shape index (κ2) is 8.14. The van der Waals surface area contributed by atoms with E-state index in [1.54, 1.807) is 0 Å². The molecule has 5 nitrogen and oxygen atoms in total. The second-order valence-corrected chi connectivity index (χ2v) is 6.87. The van der Waals surface area contributed by atoms with Crippen molar-refractivity contribution in [2.24, 2.45) is 0 Å². The first kappa shape index (κ1) is 17.7. The third-order valence-electron chi connectivity index (χ3n) is 3.26. The van der Waals surface area contributed by atoms with E-state index in [1.807, 2.05) is 38.1 Å². The number of hydrogen-bond acceptors (Lipinski definition) is 4. The minimum absolute atomic E-state index is 0.133. The molecule has 0 amide bonds. The molecule has 0 spiro atoms. The van der Waals surface area contributed by atoms with E-state index in [0.29, 0.717) is 26.1 Å². The molecule has 1 N–H and O–H groups in total. The fourth-order valence-electron chi connectivity index (χ4n) is 2.02. The van der Waals surface area contributed by atoms with Crippen LogP contribution in [-0.4, -0.2) is 44.4 Å². The summed E-state index contributed by atoms with van der Waals surface area (Å²) in [5.74, 6) is 0.133. The predicted octanol–water partition coefficient (Wildman–Crippen LogP) is 2.36. The number of carbonyl (C=O) groups is 1. The molecule has 1 aromatic carbocycles. The summed E-state index contributed by atoms with van der Waals surface area (Å²) in [6.07, 6.45) is 2.47. The molecule has 0 atom stereocenters. The number of carbonyl (C=O) groups excluding carboxylic acids is 1. The zero-order valence-electron chi connectivity index (χ0n) is 12.9. The summed E-state index contributed by atoms with van der Waals surface area (Å²) < 4.78 is 24.3. The minimum atomic E-state index is -3.11. The Bertz CT molecular complexity index is 553. The summed E-state index contributed by atoms with van der Waals surface area (Å²) in [4.78, 5) is 11.5. The Morgan fingerprint density at radius 3 is 2.29 bits per heavy atom. The second-order valence-electron chi connectivity index (χ2n) is 4.89. The maximum atomic E-state index is 11.5. The largest absolute Gasteiger partial charge is 0.385 e. The molecule has 0 aliphatic heterocycles. The number of sulfonamides is 1. The highest BCUT2D eigenvalue weighted by molar-refractivity contribution is 7.88. The van der Waals surface area contributed by atoms with Crippen LogP contribution in [0.5, 0.6) is 0 Å². The van der Waals surface area contributed by atoms with Gasteiger partial charge in [0, 0.05) is 37.3 Å². The average Bonchev–Trinajstić information content (AvgIpc) is 2.45. The fraction of sp³-hybridized carbons (Fsp3) is 0.533. The molecular formula is C15H24N2O3S. The van der Waals surface area contributed by atoms with E-state index in [-0.39, 0.29) is 5.78 Å². The number of hydrogen-bond donors (Lipinski definition) is 1. The van der Waals surface area contributed by atoms with Crippen LogP contribution in [0.3, 0.4) is 0 Å². The molecule has 118 valence electrons. The summed E-state index contributed by atoms with van der Waals surface area (Å²) in [6, 6.07) is 7.36. The van der Waals surface area contributed by atoms with Crippen LogP contribution in [0.4, 0.5) is 5.69 Å². The third kappa shape index (κ3) is 5.85. The van der Waals surface area contributed by atoms with Gasteiger partial charge in [-0.1, -0.05) is 13.8 Å². The van der Waals surface area contributed by atoms with Crippen LogP contribution in [0.2, 0.25) is 0 Å². The van der Waals surface area contributed by atoms with Gasteiger partial charge < -0.3 is 5.32 Å². The molecule has 6 heteroatoms. The van der Waals surface area contributed by atoms with Crippen molar-refractivity contribution < 1.29 is 13.2 Å². The van der Waals surface area contributed by atoms with Crippen LogP contribution in [0.1, 0.15) is 37.0 Å². The Morgan fingerprint density at radius 2 is 1.81 bits per heavy atom. The monoisotopic (exact) mass is 312 g/mol. The maximum Gasteiger partial charge on any atom is 0.211 e. The molecule has 0 fully saturated rings. The van der Waals surface area contributed by atoms with Gasteiger partial charge in [0.25, 0.3) is 0 Å². The van der Waals surface area contributed by atoms with Crippen molar-refractivity contribution >= 4 is 21.5 Å². The van der Waals surface area contributed by atoms with Gasteiger partial charge in [-0.2, -0.15) is 0 Å². The SMILES string of the molecule is CCC(=O)c1ccc(NCCCN(CC)S(C)(=O)=O)cc1. The normalized spacial score (nSPS) is 11.6. The Kier molecular flexibility index (Phi) is 6.84. The van der Waals surface area contributed by atoms with Gasteiger partial charge in [0.2, 0.25) is 10.0 Å². The zero-order valence-corrected chi connectivity index (χ0v) is 13.7. The van der Waals surface area contributed by atoms with Gasteiger partial charge in [0.05, 0.1) is 6.26 Å². The van der Waals surface area contributed by atoms with E-state index in [9.17, 15) is 13.2 Å². The number of nitrogens with zero attached hydrogens (tertiary/aromatic N) is 1. The van der Waals surface area contributed by atoms with Gasteiger partial charge in [0.1, 0.15) is 0 Å². The standard InChI is InChI=1S/C15H24N2O3S/c1-4-15(18)13-7-9-14(10-8-13)16-11-6-12-17(5-2)21(3,19)20/h7-10,16H,4-6,11-12H2,1-3H3. The molecule has 0 saturated heterocycles. The molecule has 0 aliphatic rings. The molecule has 0 unspecified atom stereocenters. The lowest BCUT2D eigenvalue weighted by molar-refractivity contribution is 0.0988. The molecule has 0 aliphatic carbocycles. The number of benzene rings is 1. The lowest BCUT2D eigenvalue weighted by Crippen LogP contribution is -2.31. The summed E-state index contributed by atoms with van der Waals surface area (Å²) in [7, 11) is -3.11. The van der Waals surface area contributed by atoms with Gasteiger partial charge >= 0.3 is 0 Å². The summed E-state index contributed by atoms with van der Waals surface area (Å²) in [6.45, 7) is 5.36. The van der Waals surface area contributed by atoms with Crippen molar-refractivity contribution in [1.29, 1.82) is 0 Å². The first-order valence-corrected chi connectivity index (χ1v) is 9.05. The van der Waals surface area contributed by atoms with Crippen LogP contribution in [0.25, 0.3) is 0 Å². The summed E-state index contributed by atoms with van der Waals surface area (Å²) in [5, 5.41) is 3.23. The van der Waals surface area contributed by atoms with E-state index >= 15 is 0 Å². The maximum absolute atomic E-state index is 11.5. The first-order valence-electron chi connectivity index (χ1n) is 7.20. The van der Waals surface area contributed by atoms with E-state index < -0.39 is 10.0 Å². The molecule has 0 saturated carbocycles. The smallest absolute Gasteiger partial charge is 0.211 e. The number of ketones is 1. The Labute approximate surface area is 127 Å². The fourth-order valence-corrected chi connectivity index (χ4v) is 2.95. The molecule has 0 radical (unpaired) electrons. The van der Waals surface area contributed by atoms with Crippen molar-refractivity contribution in [3.63, 3.8) is 0 Å². The van der Waals surface area contributed by atoms with Crippen molar-refractivity contribution in [2.75, 3.05) is 31.2 Å². The highest BCUT2D eigenvalue weighted by Crippen LogP contribution is 2.11. The highest BCUT2D eigenvalue weighted by Gasteiger charge is 2.12. The van der Waals surface area contributed by atoms with Crippen molar-refractivity contribution in [2.45, 2.75) is 26.7 Å². The summed E-state index contributed by atoms with van der Waals surface area (Å²) >= 11 is 0. The lowest BCUT2D eigenvalue weighted by Gasteiger charge is -2.17. The topological polar surface area (TPSA) is 66.5 Å². The Balaban J connectivity index is 2.41. The number of nitrogens with one attached hydrogen (secondary N) is 1. The lowest BCUT2D eigenvalue weighted by atomic mass is 10.1. The van der Waals surface area contributed by atoms with E-state index in [1.165, 1.54) is 10.6 Å². The average molecular weight is 312 g/mol. The van der Waals surface area contributed by atoms with Crippen LogP contribution in [0.15, 0.2) is 24.3 Å². The van der Waals surface area contributed by atoms with E-state index in [2.05, 4.69) is 5.32 Å². The quantitative estimate of drug-likeness (QED) is 0.561. The van der Waals surface area contributed by atoms with Gasteiger partial charge in [0.15, 0.2) is 5.78 Å². The van der Waals surface area contributed by atoms with Crippen LogP contribution in [-0.2, 0) is 10.0 Å². The molecule has 1 rings (SSSR count). The Morgan fingerprint density at radius 1 is 1.19 bits per heavy atom. The van der Waals surface area contributed by atoms with E-state index in [0.717, 1.165) is 17.7 Å². The zero-order chi connectivity index (χ0) is 15.9. The third-order valence-corrected chi connectivity index (χ3v) is 4.64. The van der Waals surface area contributed by atoms with Gasteiger partial charge in [-0.25, -0.2) is 12.7 Å². The Hall–Kier alpha value is -1.40. The molecule has 0 bridgehead atoms. The summed E-state index contributed by atoms with van der Waals surface area (Å²) in [5.41, 5.74) is 1.65. The molecule has 1 aromatic rings. The van der Waals surface area contributed by atoms with Gasteiger partial charge in [-0.3, -0.25) is 4.79 Å². The number of rotatable bonds is 9. The molecule has 0 heterocycles. The van der Waals surface area contributed by atoms with Crippen LogP contribution >= 0.6 is 0 Å². The molecule has 21 heavy (non-hydrogen) atoms. The number of Topliss-reactive ketones (excluding diaryl/α,β-unsaturated/α-hetero) is 1. The highest BCUT2D eigenvalue weighted by atomic mass is 32.2. The van der Waals surface area contributed by atoms with Crippen molar-refractivity contribution in [1.82, 2.24) is 4.31 Å². The van der Waals surface area contributed by atoms with Gasteiger partial charge in [-0.15, -0.1) is 0 Å². The minimum Gasteiger partial charge on any atom is -0.385 e. The van der Waals surface area contributed by atoms with Crippen LogP contribution in [0, 0.1) is 0 Å². The van der Waals surface area contributed by atoms with Crippen LogP contribution < -0.4 is 5.32 Å². The van der Waals surface area contributed by atoms with E-state index in [4.69, 9.17) is 0 Å². The first-order chi connectivity index (χ1) is 9.88. The number of anilines is 1. The van der Waals surface area contributed by atoms with Gasteiger partial charge in [-0.05, 0) is 30.7 Å². The molecular weight excluding hydrogens is 288 g/mol. The van der Waals surface area contributed by atoms with Crippen molar-refractivity contribution in [3.8, 4) is 0 Å². The predicted molar refractivity (Wildman–Crippen MR) is 86.3 cm³/mol.